The van der Waals surface area contributed by atoms with E-state index in [-0.39, 0.29) is 23.7 Å². The Labute approximate surface area is 164 Å². The van der Waals surface area contributed by atoms with Crippen LogP contribution in [0.2, 0.25) is 0 Å². The Morgan fingerprint density at radius 2 is 2.04 bits per heavy atom. The van der Waals surface area contributed by atoms with Gasteiger partial charge in [0.15, 0.2) is 4.96 Å². The number of fused-ring (bicyclic) bond motifs is 1. The first-order valence-electron chi connectivity index (χ1n) is 8.55. The predicted molar refractivity (Wildman–Crippen MR) is 107 cm³/mol. The Hall–Kier alpha value is -3.30. The normalized spacial score (nSPS) is 11.0. The molecule has 142 valence electrons. The van der Waals surface area contributed by atoms with E-state index in [1.165, 1.54) is 23.9 Å². The van der Waals surface area contributed by atoms with E-state index in [2.05, 4.69) is 15.4 Å². The fraction of sp³-hybridized carbons (Fsp3) is 0.158. The molecule has 0 saturated heterocycles. The quantitative estimate of drug-likeness (QED) is 0.542. The number of rotatable bonds is 6. The fourth-order valence-corrected chi connectivity index (χ4v) is 3.39. The van der Waals surface area contributed by atoms with Crippen molar-refractivity contribution in [3.8, 4) is 11.3 Å². The first kappa shape index (κ1) is 18.1. The van der Waals surface area contributed by atoms with Gasteiger partial charge in [0.1, 0.15) is 5.69 Å². The molecule has 0 saturated carbocycles. The molecular formula is C19H17N5O3S. The van der Waals surface area contributed by atoms with Gasteiger partial charge in [-0.3, -0.25) is 14.0 Å². The average molecular weight is 395 g/mol. The summed E-state index contributed by atoms with van der Waals surface area (Å²) < 4.78 is 8.14. The lowest BCUT2D eigenvalue weighted by atomic mass is 10.1. The standard InChI is InChI=1S/C19H17N5O3S/c1-27-10-8-24-17(25)7-6-15(22-24)18(26)20-14-4-2-13(3-5-14)16-12-23-9-11-28-19(23)21-16/h2-7,9,11-12H,8,10H2,1H3,(H,20,26). The summed E-state index contributed by atoms with van der Waals surface area (Å²) in [7, 11) is 1.54. The number of nitrogens with zero attached hydrogens (tertiary/aromatic N) is 4. The molecule has 4 rings (SSSR count). The van der Waals surface area contributed by atoms with Gasteiger partial charge < -0.3 is 10.1 Å². The Morgan fingerprint density at radius 3 is 2.79 bits per heavy atom. The summed E-state index contributed by atoms with van der Waals surface area (Å²) >= 11 is 1.57. The Kier molecular flexibility index (Phi) is 5.00. The van der Waals surface area contributed by atoms with Crippen LogP contribution in [-0.4, -0.2) is 38.8 Å². The van der Waals surface area contributed by atoms with Gasteiger partial charge in [-0.15, -0.1) is 11.3 Å². The smallest absolute Gasteiger partial charge is 0.276 e. The number of benzene rings is 1. The summed E-state index contributed by atoms with van der Waals surface area (Å²) in [5.41, 5.74) is 2.34. The monoisotopic (exact) mass is 395 g/mol. The zero-order valence-corrected chi connectivity index (χ0v) is 15.8. The summed E-state index contributed by atoms with van der Waals surface area (Å²) in [6, 6.07) is 10.1. The molecule has 0 unspecified atom stereocenters. The van der Waals surface area contributed by atoms with Crippen LogP contribution in [-0.2, 0) is 11.3 Å². The van der Waals surface area contributed by atoms with E-state index in [0.29, 0.717) is 12.3 Å². The van der Waals surface area contributed by atoms with Gasteiger partial charge in [0, 0.05) is 42.2 Å². The molecule has 1 N–H and O–H groups in total. The molecule has 9 heteroatoms. The number of nitrogens with one attached hydrogen (secondary N) is 1. The van der Waals surface area contributed by atoms with Crippen LogP contribution in [0, 0.1) is 0 Å². The lowest BCUT2D eigenvalue weighted by molar-refractivity contribution is 0.101. The van der Waals surface area contributed by atoms with Crippen molar-refractivity contribution in [1.29, 1.82) is 0 Å². The van der Waals surface area contributed by atoms with Crippen LogP contribution in [0.5, 0.6) is 0 Å². The summed E-state index contributed by atoms with van der Waals surface area (Å²) in [4.78, 5) is 29.7. The minimum absolute atomic E-state index is 0.161. The van der Waals surface area contributed by atoms with E-state index in [9.17, 15) is 9.59 Å². The van der Waals surface area contributed by atoms with E-state index in [1.807, 2.05) is 46.4 Å². The number of imidazole rings is 1. The molecular weight excluding hydrogens is 378 g/mol. The van der Waals surface area contributed by atoms with Crippen LogP contribution in [0.25, 0.3) is 16.2 Å². The predicted octanol–water partition coefficient (Wildman–Crippen LogP) is 2.52. The molecule has 0 atom stereocenters. The van der Waals surface area contributed by atoms with Gasteiger partial charge in [-0.25, -0.2) is 9.67 Å². The first-order chi connectivity index (χ1) is 13.6. The van der Waals surface area contributed by atoms with Crippen molar-refractivity contribution < 1.29 is 9.53 Å². The Balaban J connectivity index is 1.49. The van der Waals surface area contributed by atoms with Crippen LogP contribution in [0.3, 0.4) is 0 Å². The van der Waals surface area contributed by atoms with Gasteiger partial charge in [0.2, 0.25) is 0 Å². The second-order valence-electron chi connectivity index (χ2n) is 6.02. The fourth-order valence-electron chi connectivity index (χ4n) is 2.69. The second kappa shape index (κ2) is 7.75. The van der Waals surface area contributed by atoms with Crippen molar-refractivity contribution in [2.24, 2.45) is 0 Å². The molecule has 4 aromatic rings. The molecule has 3 aromatic heterocycles. The summed E-state index contributed by atoms with van der Waals surface area (Å²) in [5, 5.41) is 8.86. The second-order valence-corrected chi connectivity index (χ2v) is 6.90. The molecule has 0 aliphatic heterocycles. The zero-order chi connectivity index (χ0) is 19.5. The number of carbonyl (C=O) groups excluding carboxylic acids is 1. The maximum atomic E-state index is 12.5. The average Bonchev–Trinajstić information content (AvgIpc) is 3.30. The summed E-state index contributed by atoms with van der Waals surface area (Å²) in [5.74, 6) is -0.388. The molecule has 0 aliphatic rings. The molecule has 3 heterocycles. The minimum atomic E-state index is -0.388. The van der Waals surface area contributed by atoms with Crippen LogP contribution < -0.4 is 10.9 Å². The van der Waals surface area contributed by atoms with E-state index in [0.717, 1.165) is 16.2 Å². The van der Waals surface area contributed by atoms with Gasteiger partial charge in [-0.2, -0.15) is 5.10 Å². The third-order valence-corrected chi connectivity index (χ3v) is 4.91. The number of thiazole rings is 1. The highest BCUT2D eigenvalue weighted by Crippen LogP contribution is 2.23. The van der Waals surface area contributed by atoms with Gasteiger partial charge in [-0.05, 0) is 18.2 Å². The molecule has 28 heavy (non-hydrogen) atoms. The number of hydrogen-bond acceptors (Lipinski definition) is 6. The van der Waals surface area contributed by atoms with E-state index in [4.69, 9.17) is 4.74 Å². The van der Waals surface area contributed by atoms with Crippen molar-refractivity contribution in [3.63, 3.8) is 0 Å². The third-order valence-electron chi connectivity index (χ3n) is 4.14. The maximum absolute atomic E-state index is 12.5. The number of hydrogen-bond donors (Lipinski definition) is 1. The van der Waals surface area contributed by atoms with Gasteiger partial charge in [0.25, 0.3) is 11.5 Å². The van der Waals surface area contributed by atoms with Crippen molar-refractivity contribution in [1.82, 2.24) is 19.2 Å². The molecule has 0 spiro atoms. The van der Waals surface area contributed by atoms with Crippen molar-refractivity contribution in [3.05, 3.63) is 70.2 Å². The first-order valence-corrected chi connectivity index (χ1v) is 9.43. The molecule has 1 amide bonds. The number of methoxy groups -OCH3 is 1. The molecule has 8 nitrogen and oxygen atoms in total. The molecule has 0 fully saturated rings. The highest BCUT2D eigenvalue weighted by atomic mass is 32.1. The lowest BCUT2D eigenvalue weighted by Crippen LogP contribution is -2.27. The Bertz CT molecular complexity index is 1150. The zero-order valence-electron chi connectivity index (χ0n) is 15.0. The van der Waals surface area contributed by atoms with Crippen LogP contribution in [0.4, 0.5) is 5.69 Å². The topological polar surface area (TPSA) is 90.5 Å². The number of amides is 1. The van der Waals surface area contributed by atoms with E-state index < -0.39 is 0 Å². The maximum Gasteiger partial charge on any atom is 0.276 e. The number of aromatic nitrogens is 4. The highest BCUT2D eigenvalue weighted by Gasteiger charge is 2.11. The van der Waals surface area contributed by atoms with E-state index in [1.54, 1.807) is 11.3 Å². The molecule has 0 radical (unpaired) electrons. The molecule has 0 bridgehead atoms. The lowest BCUT2D eigenvalue weighted by Gasteiger charge is -2.08. The third kappa shape index (κ3) is 3.71. The summed E-state index contributed by atoms with van der Waals surface area (Å²) in [6.07, 6.45) is 3.93. The van der Waals surface area contributed by atoms with Crippen LogP contribution in [0.1, 0.15) is 10.5 Å². The molecule has 0 aliphatic carbocycles. The van der Waals surface area contributed by atoms with Gasteiger partial charge in [-0.1, -0.05) is 12.1 Å². The number of ether oxygens (including phenoxy) is 1. The SMILES string of the molecule is COCCn1nc(C(=O)Nc2ccc(-c3cn4ccsc4n3)cc2)ccc1=O. The van der Waals surface area contributed by atoms with Gasteiger partial charge in [0.05, 0.1) is 18.8 Å². The minimum Gasteiger partial charge on any atom is -0.383 e. The summed E-state index contributed by atoms with van der Waals surface area (Å²) in [6.45, 7) is 0.623. The number of anilines is 1. The van der Waals surface area contributed by atoms with Gasteiger partial charge >= 0.3 is 0 Å². The van der Waals surface area contributed by atoms with Crippen molar-refractivity contribution in [2.45, 2.75) is 6.54 Å². The number of carbonyl (C=O) groups is 1. The van der Waals surface area contributed by atoms with E-state index >= 15 is 0 Å². The highest BCUT2D eigenvalue weighted by molar-refractivity contribution is 7.15. The van der Waals surface area contributed by atoms with Crippen molar-refractivity contribution >= 4 is 27.9 Å². The van der Waals surface area contributed by atoms with Crippen molar-refractivity contribution in [2.75, 3.05) is 19.0 Å². The largest absolute Gasteiger partial charge is 0.383 e. The molecule has 1 aromatic carbocycles. The van der Waals surface area contributed by atoms with Crippen LogP contribution in [0.15, 0.2) is 59.0 Å². The van der Waals surface area contributed by atoms with Crippen LogP contribution >= 0.6 is 11.3 Å². The Morgan fingerprint density at radius 1 is 1.21 bits per heavy atom.